The number of thiazole rings is 1. The smallest absolute Gasteiger partial charge is 0.257 e. The summed E-state index contributed by atoms with van der Waals surface area (Å²) < 4.78 is 5.13. The van der Waals surface area contributed by atoms with Gasteiger partial charge in [0, 0.05) is 40.2 Å². The number of aromatic amines is 1. The molecule has 4 aromatic rings. The van der Waals surface area contributed by atoms with Crippen LogP contribution in [0.1, 0.15) is 21.6 Å². The number of aromatic nitrogens is 2. The third kappa shape index (κ3) is 3.49. The summed E-state index contributed by atoms with van der Waals surface area (Å²) in [6.07, 6.45) is 0. The van der Waals surface area contributed by atoms with Gasteiger partial charge in [-0.1, -0.05) is 30.3 Å². The molecule has 27 heavy (non-hydrogen) atoms. The summed E-state index contributed by atoms with van der Waals surface area (Å²) in [6, 6.07) is 15.5. The largest absolute Gasteiger partial charge is 0.380 e. The third-order valence-electron chi connectivity index (χ3n) is 4.37. The normalized spacial score (nSPS) is 11.0. The second kappa shape index (κ2) is 7.34. The first kappa shape index (κ1) is 17.5. The second-order valence-electron chi connectivity index (χ2n) is 6.30. The lowest BCUT2D eigenvalue weighted by atomic mass is 10.1. The number of methoxy groups -OCH3 is 1. The molecule has 0 aliphatic rings. The fourth-order valence-electron chi connectivity index (χ4n) is 3.19. The van der Waals surface area contributed by atoms with E-state index in [4.69, 9.17) is 4.74 Å². The zero-order chi connectivity index (χ0) is 18.8. The zero-order valence-electron chi connectivity index (χ0n) is 15.1. The van der Waals surface area contributed by atoms with Crippen LogP contribution in [0.5, 0.6) is 0 Å². The fraction of sp³-hybridized carbons (Fsp3) is 0.143. The monoisotopic (exact) mass is 377 g/mol. The Hall–Kier alpha value is -2.96. The number of hydrogen-bond donors (Lipinski definition) is 2. The number of rotatable bonds is 5. The van der Waals surface area contributed by atoms with Gasteiger partial charge in [0.2, 0.25) is 0 Å². The number of amides is 1. The molecule has 2 N–H and O–H groups in total. The fourth-order valence-corrected chi connectivity index (χ4v) is 3.89. The summed E-state index contributed by atoms with van der Waals surface area (Å²) in [5, 5.41) is 6.58. The van der Waals surface area contributed by atoms with Gasteiger partial charge in [-0.15, -0.1) is 11.3 Å². The number of carbonyl (C=O) groups is 1. The zero-order valence-corrected chi connectivity index (χ0v) is 15.9. The first-order chi connectivity index (χ1) is 13.2. The summed E-state index contributed by atoms with van der Waals surface area (Å²) in [6.45, 7) is 2.51. The highest BCUT2D eigenvalue weighted by atomic mass is 32.1. The predicted octanol–water partition coefficient (Wildman–Crippen LogP) is 5.00. The van der Waals surface area contributed by atoms with Crippen molar-refractivity contribution in [2.24, 2.45) is 0 Å². The molecule has 0 saturated carbocycles. The molecule has 0 saturated heterocycles. The van der Waals surface area contributed by atoms with Crippen molar-refractivity contribution in [1.82, 2.24) is 9.97 Å². The van der Waals surface area contributed by atoms with E-state index in [9.17, 15) is 4.79 Å². The molecule has 0 atom stereocenters. The minimum Gasteiger partial charge on any atom is -0.380 e. The number of nitrogens with one attached hydrogen (secondary N) is 2. The number of aryl methyl sites for hydroxylation is 1. The molecule has 0 fully saturated rings. The molecule has 136 valence electrons. The second-order valence-corrected chi connectivity index (χ2v) is 7.15. The number of carbonyl (C=O) groups excluding carboxylic acids is 1. The van der Waals surface area contributed by atoms with E-state index in [0.717, 1.165) is 33.4 Å². The van der Waals surface area contributed by atoms with Gasteiger partial charge in [0.15, 0.2) is 5.13 Å². The molecule has 0 spiro atoms. The maximum absolute atomic E-state index is 12.6. The highest BCUT2D eigenvalue weighted by Crippen LogP contribution is 2.33. The average molecular weight is 377 g/mol. The van der Waals surface area contributed by atoms with Crippen LogP contribution in [0.2, 0.25) is 0 Å². The van der Waals surface area contributed by atoms with Crippen LogP contribution in [0.3, 0.4) is 0 Å². The molecule has 5 nitrogen and oxygen atoms in total. The summed E-state index contributed by atoms with van der Waals surface area (Å²) in [5.41, 5.74) is 5.62. The lowest BCUT2D eigenvalue weighted by Gasteiger charge is -2.04. The van der Waals surface area contributed by atoms with E-state index in [0.29, 0.717) is 17.3 Å². The number of fused-ring (bicyclic) bond motifs is 1. The maximum Gasteiger partial charge on any atom is 0.257 e. The van der Waals surface area contributed by atoms with Crippen LogP contribution >= 0.6 is 11.3 Å². The van der Waals surface area contributed by atoms with Crippen molar-refractivity contribution >= 4 is 33.3 Å². The standard InChI is InChI=1S/C21H19N3O2S/c1-13-19(16-8-3-4-9-17(16)22-13)18-12-27-21(23-18)24-20(25)15-7-5-6-14(10-15)11-26-2/h3-10,12,22H,11H2,1-2H3,(H,23,24,25). The summed E-state index contributed by atoms with van der Waals surface area (Å²) in [7, 11) is 1.64. The molecule has 0 aliphatic heterocycles. The van der Waals surface area contributed by atoms with Gasteiger partial charge in [0.05, 0.1) is 12.3 Å². The van der Waals surface area contributed by atoms with Crippen molar-refractivity contribution in [1.29, 1.82) is 0 Å². The number of H-pyrrole nitrogens is 1. The van der Waals surface area contributed by atoms with Crippen molar-refractivity contribution in [2.45, 2.75) is 13.5 Å². The van der Waals surface area contributed by atoms with Gasteiger partial charge in [-0.3, -0.25) is 10.1 Å². The molecular weight excluding hydrogens is 358 g/mol. The van der Waals surface area contributed by atoms with E-state index < -0.39 is 0 Å². The Morgan fingerprint density at radius 1 is 1.22 bits per heavy atom. The topological polar surface area (TPSA) is 67.0 Å². The van der Waals surface area contributed by atoms with Crippen LogP contribution in [0.25, 0.3) is 22.2 Å². The van der Waals surface area contributed by atoms with Crippen LogP contribution in [0.4, 0.5) is 5.13 Å². The van der Waals surface area contributed by atoms with Gasteiger partial charge in [0.25, 0.3) is 5.91 Å². The summed E-state index contributed by atoms with van der Waals surface area (Å²) >= 11 is 1.42. The first-order valence-electron chi connectivity index (χ1n) is 8.58. The minimum absolute atomic E-state index is 0.176. The third-order valence-corrected chi connectivity index (χ3v) is 5.13. The molecule has 4 rings (SSSR count). The number of ether oxygens (including phenoxy) is 1. The predicted molar refractivity (Wildman–Crippen MR) is 109 cm³/mol. The lowest BCUT2D eigenvalue weighted by molar-refractivity contribution is 0.102. The van der Waals surface area contributed by atoms with Gasteiger partial charge < -0.3 is 9.72 Å². The highest BCUT2D eigenvalue weighted by Gasteiger charge is 2.15. The van der Waals surface area contributed by atoms with Crippen molar-refractivity contribution in [3.05, 3.63) is 70.7 Å². The SMILES string of the molecule is COCc1cccc(C(=O)Nc2nc(-c3c(C)[nH]c4ccccc34)cs2)c1. The van der Waals surface area contributed by atoms with Crippen LogP contribution in [0, 0.1) is 6.92 Å². The van der Waals surface area contributed by atoms with Crippen LogP contribution in [-0.4, -0.2) is 23.0 Å². The Balaban J connectivity index is 1.59. The Bertz CT molecular complexity index is 1110. The number of anilines is 1. The van der Waals surface area contributed by atoms with Crippen molar-refractivity contribution < 1.29 is 9.53 Å². The maximum atomic E-state index is 12.6. The van der Waals surface area contributed by atoms with Gasteiger partial charge in [-0.25, -0.2) is 4.98 Å². The minimum atomic E-state index is -0.176. The van der Waals surface area contributed by atoms with Gasteiger partial charge in [-0.05, 0) is 30.7 Å². The Morgan fingerprint density at radius 2 is 2.07 bits per heavy atom. The van der Waals surface area contributed by atoms with Gasteiger partial charge in [0.1, 0.15) is 0 Å². The van der Waals surface area contributed by atoms with Crippen molar-refractivity contribution in [2.75, 3.05) is 12.4 Å². The molecule has 0 bridgehead atoms. The molecule has 1 amide bonds. The number of para-hydroxylation sites is 1. The lowest BCUT2D eigenvalue weighted by Crippen LogP contribution is -2.12. The highest BCUT2D eigenvalue weighted by molar-refractivity contribution is 7.14. The van der Waals surface area contributed by atoms with Crippen LogP contribution in [-0.2, 0) is 11.3 Å². The molecular formula is C21H19N3O2S. The average Bonchev–Trinajstić information content (AvgIpc) is 3.25. The van der Waals surface area contributed by atoms with E-state index in [1.165, 1.54) is 11.3 Å². The molecule has 2 heterocycles. The summed E-state index contributed by atoms with van der Waals surface area (Å²) in [4.78, 5) is 20.6. The Labute approximate surface area is 161 Å². The van der Waals surface area contributed by atoms with E-state index in [2.05, 4.69) is 21.4 Å². The van der Waals surface area contributed by atoms with Crippen LogP contribution in [0.15, 0.2) is 53.9 Å². The number of benzene rings is 2. The molecule has 2 aromatic carbocycles. The van der Waals surface area contributed by atoms with Gasteiger partial charge in [-0.2, -0.15) is 0 Å². The van der Waals surface area contributed by atoms with E-state index in [1.807, 2.05) is 48.7 Å². The molecule has 0 unspecified atom stereocenters. The van der Waals surface area contributed by atoms with Crippen LogP contribution < -0.4 is 5.32 Å². The Morgan fingerprint density at radius 3 is 2.93 bits per heavy atom. The summed E-state index contributed by atoms with van der Waals surface area (Å²) in [5.74, 6) is -0.176. The van der Waals surface area contributed by atoms with E-state index in [-0.39, 0.29) is 5.91 Å². The Kier molecular flexibility index (Phi) is 4.75. The molecule has 0 radical (unpaired) electrons. The number of nitrogens with zero attached hydrogens (tertiary/aromatic N) is 1. The van der Waals surface area contributed by atoms with Gasteiger partial charge >= 0.3 is 0 Å². The van der Waals surface area contributed by atoms with E-state index >= 15 is 0 Å². The first-order valence-corrected chi connectivity index (χ1v) is 9.46. The molecule has 6 heteroatoms. The van der Waals surface area contributed by atoms with Crippen molar-refractivity contribution in [3.8, 4) is 11.3 Å². The number of hydrogen-bond acceptors (Lipinski definition) is 4. The van der Waals surface area contributed by atoms with E-state index in [1.54, 1.807) is 13.2 Å². The van der Waals surface area contributed by atoms with Crippen molar-refractivity contribution in [3.63, 3.8) is 0 Å². The molecule has 0 aliphatic carbocycles. The quantitative estimate of drug-likeness (QED) is 0.514. The molecule has 2 aromatic heterocycles.